The first-order valence-electron chi connectivity index (χ1n) is 15.8. The molecule has 0 spiro atoms. The largest absolute Gasteiger partial charge is 0.462 e. The number of hydrogen-bond donors (Lipinski definition) is 1. The van der Waals surface area contributed by atoms with Gasteiger partial charge >= 0.3 is 5.97 Å². The fourth-order valence-corrected chi connectivity index (χ4v) is 5.96. The Bertz CT molecular complexity index is 1590. The topological polar surface area (TPSA) is 46.5 Å². The normalized spacial score (nSPS) is 11.8. The standard InChI is InChI=1S/C40H45ClO3/c1-6-8-9-10-32-15-16-36(23-31(32)7-2)37-19-18-35(21-28(37)5)38-20-17-34(24-39(38)41)33-13-11-29(12-14-33)22-30(25-42)26-44-40(43)27(3)4/h11-21,23-24,30,42H,3,6-10,22,25-26H2,1-2,4-5H3. The van der Waals surface area contributed by atoms with E-state index in [0.29, 0.717) is 17.0 Å². The highest BCUT2D eigenvalue weighted by molar-refractivity contribution is 6.33. The van der Waals surface area contributed by atoms with Crippen molar-refractivity contribution in [3.8, 4) is 33.4 Å². The molecule has 44 heavy (non-hydrogen) atoms. The molecule has 0 radical (unpaired) electrons. The number of ether oxygens (including phenoxy) is 1. The second-order valence-electron chi connectivity index (χ2n) is 11.8. The number of unbranched alkanes of at least 4 members (excludes halogenated alkanes) is 2. The van der Waals surface area contributed by atoms with E-state index in [1.165, 1.54) is 47.1 Å². The smallest absolute Gasteiger partial charge is 0.333 e. The van der Waals surface area contributed by atoms with Crippen LogP contribution in [0.3, 0.4) is 0 Å². The van der Waals surface area contributed by atoms with Gasteiger partial charge in [-0.05, 0) is 95.7 Å². The molecule has 0 aliphatic carbocycles. The van der Waals surface area contributed by atoms with Crippen LogP contribution in [-0.2, 0) is 28.8 Å². The summed E-state index contributed by atoms with van der Waals surface area (Å²) in [5.74, 6) is -0.602. The van der Waals surface area contributed by atoms with Gasteiger partial charge in [0.2, 0.25) is 0 Å². The number of carbonyl (C=O) groups is 1. The Morgan fingerprint density at radius 2 is 1.50 bits per heavy atom. The van der Waals surface area contributed by atoms with E-state index in [9.17, 15) is 9.90 Å². The molecule has 0 fully saturated rings. The van der Waals surface area contributed by atoms with Crippen molar-refractivity contribution in [2.75, 3.05) is 13.2 Å². The molecule has 4 heteroatoms. The Morgan fingerprint density at radius 3 is 2.14 bits per heavy atom. The minimum Gasteiger partial charge on any atom is -0.462 e. The second kappa shape index (κ2) is 15.9. The number of aryl methyl sites for hydroxylation is 3. The lowest BCUT2D eigenvalue weighted by molar-refractivity contribution is -0.140. The molecule has 0 aliphatic heterocycles. The predicted molar refractivity (Wildman–Crippen MR) is 185 cm³/mol. The van der Waals surface area contributed by atoms with Crippen molar-refractivity contribution in [1.29, 1.82) is 0 Å². The molecule has 0 saturated heterocycles. The van der Waals surface area contributed by atoms with Crippen molar-refractivity contribution in [3.63, 3.8) is 0 Å². The third-order valence-corrected chi connectivity index (χ3v) is 8.64. The number of carbonyl (C=O) groups excluding carboxylic acids is 1. The zero-order chi connectivity index (χ0) is 31.6. The first-order valence-corrected chi connectivity index (χ1v) is 16.2. The molecule has 0 aliphatic rings. The maximum atomic E-state index is 11.7. The van der Waals surface area contributed by atoms with E-state index in [4.69, 9.17) is 16.3 Å². The Kier molecular flexibility index (Phi) is 12.0. The van der Waals surface area contributed by atoms with Gasteiger partial charge in [-0.1, -0.05) is 118 Å². The summed E-state index contributed by atoms with van der Waals surface area (Å²) in [7, 11) is 0. The molecule has 0 saturated carbocycles. The summed E-state index contributed by atoms with van der Waals surface area (Å²) in [5.41, 5.74) is 12.3. The summed E-state index contributed by atoms with van der Waals surface area (Å²) in [6.07, 6.45) is 6.60. The van der Waals surface area contributed by atoms with E-state index in [1.54, 1.807) is 6.92 Å². The summed E-state index contributed by atoms with van der Waals surface area (Å²) in [6, 6.07) is 28.0. The number of esters is 1. The summed E-state index contributed by atoms with van der Waals surface area (Å²) < 4.78 is 5.23. The van der Waals surface area contributed by atoms with E-state index in [-0.39, 0.29) is 19.1 Å². The Hall–Kier alpha value is -3.66. The number of rotatable bonds is 14. The van der Waals surface area contributed by atoms with Crippen molar-refractivity contribution in [3.05, 3.63) is 118 Å². The van der Waals surface area contributed by atoms with Crippen LogP contribution in [0, 0.1) is 12.8 Å². The molecule has 0 amide bonds. The van der Waals surface area contributed by atoms with Crippen LogP contribution in [-0.4, -0.2) is 24.3 Å². The zero-order valence-corrected chi connectivity index (χ0v) is 27.3. The van der Waals surface area contributed by atoms with Crippen molar-refractivity contribution in [2.45, 2.75) is 66.2 Å². The maximum Gasteiger partial charge on any atom is 0.333 e. The molecule has 230 valence electrons. The predicted octanol–water partition coefficient (Wildman–Crippen LogP) is 10.2. The number of halogens is 1. The fraction of sp³-hybridized carbons (Fsp3) is 0.325. The van der Waals surface area contributed by atoms with Crippen LogP contribution in [0.2, 0.25) is 5.02 Å². The van der Waals surface area contributed by atoms with Crippen molar-refractivity contribution >= 4 is 17.6 Å². The highest BCUT2D eigenvalue weighted by Crippen LogP contribution is 2.35. The highest BCUT2D eigenvalue weighted by atomic mass is 35.5. The molecular weight excluding hydrogens is 564 g/mol. The molecule has 1 N–H and O–H groups in total. The van der Waals surface area contributed by atoms with Crippen LogP contribution < -0.4 is 0 Å². The Balaban J connectivity index is 1.47. The van der Waals surface area contributed by atoms with Crippen LogP contribution >= 0.6 is 11.6 Å². The summed E-state index contributed by atoms with van der Waals surface area (Å²) in [6.45, 7) is 12.0. The third-order valence-electron chi connectivity index (χ3n) is 8.32. The Labute approximate surface area is 268 Å². The third kappa shape index (κ3) is 8.49. The molecule has 0 aromatic heterocycles. The lowest BCUT2D eigenvalue weighted by atomic mass is 9.91. The van der Waals surface area contributed by atoms with Gasteiger partial charge in [0.15, 0.2) is 0 Å². The van der Waals surface area contributed by atoms with Gasteiger partial charge in [-0.15, -0.1) is 0 Å². The van der Waals surface area contributed by atoms with Gasteiger partial charge in [-0.25, -0.2) is 4.79 Å². The van der Waals surface area contributed by atoms with E-state index in [1.807, 2.05) is 18.2 Å². The first-order chi connectivity index (χ1) is 21.2. The minimum absolute atomic E-state index is 0.0616. The fourth-order valence-electron chi connectivity index (χ4n) is 5.68. The van der Waals surface area contributed by atoms with Crippen LogP contribution in [0.15, 0.2) is 91.0 Å². The molecule has 1 atom stereocenters. The summed E-state index contributed by atoms with van der Waals surface area (Å²) in [4.78, 5) is 11.7. The van der Waals surface area contributed by atoms with E-state index >= 15 is 0 Å². The number of aliphatic hydroxyl groups excluding tert-OH is 1. The number of aliphatic hydroxyl groups is 1. The van der Waals surface area contributed by atoms with Gasteiger partial charge in [0.05, 0.1) is 6.61 Å². The maximum absolute atomic E-state index is 11.7. The molecule has 4 rings (SSSR count). The zero-order valence-electron chi connectivity index (χ0n) is 26.6. The highest BCUT2D eigenvalue weighted by Gasteiger charge is 2.14. The van der Waals surface area contributed by atoms with Gasteiger partial charge < -0.3 is 9.84 Å². The van der Waals surface area contributed by atoms with Crippen molar-refractivity contribution in [2.24, 2.45) is 5.92 Å². The second-order valence-corrected chi connectivity index (χ2v) is 12.3. The molecular formula is C40H45ClO3. The van der Waals surface area contributed by atoms with Crippen molar-refractivity contribution in [1.82, 2.24) is 0 Å². The van der Waals surface area contributed by atoms with E-state index in [2.05, 4.69) is 88.0 Å². The van der Waals surface area contributed by atoms with Crippen LogP contribution in [0.5, 0.6) is 0 Å². The molecule has 3 nitrogen and oxygen atoms in total. The average Bonchev–Trinajstić information content (AvgIpc) is 3.03. The monoisotopic (exact) mass is 608 g/mol. The molecule has 0 bridgehead atoms. The lowest BCUT2D eigenvalue weighted by Crippen LogP contribution is -2.19. The molecule has 0 heterocycles. The van der Waals surface area contributed by atoms with Gasteiger partial charge in [-0.3, -0.25) is 0 Å². The van der Waals surface area contributed by atoms with Gasteiger partial charge in [0.25, 0.3) is 0 Å². The lowest BCUT2D eigenvalue weighted by Gasteiger charge is -2.15. The van der Waals surface area contributed by atoms with Crippen LogP contribution in [0.25, 0.3) is 33.4 Å². The molecule has 4 aromatic carbocycles. The van der Waals surface area contributed by atoms with Crippen molar-refractivity contribution < 1.29 is 14.6 Å². The SMILES string of the molecule is C=C(C)C(=O)OCC(CO)Cc1ccc(-c2ccc(-c3ccc(-c4ccc(CCCCC)c(CC)c4)c(C)c3)c(Cl)c2)cc1. The quantitative estimate of drug-likeness (QED) is 0.0880. The summed E-state index contributed by atoms with van der Waals surface area (Å²) in [5, 5.41) is 10.5. The van der Waals surface area contributed by atoms with Crippen LogP contribution in [0.1, 0.15) is 62.3 Å². The Morgan fingerprint density at radius 1 is 0.841 bits per heavy atom. The molecule has 1 unspecified atom stereocenters. The van der Waals surface area contributed by atoms with E-state index in [0.717, 1.165) is 40.7 Å². The van der Waals surface area contributed by atoms with E-state index < -0.39 is 5.97 Å². The van der Waals surface area contributed by atoms with Gasteiger partial charge in [0.1, 0.15) is 0 Å². The number of benzene rings is 4. The van der Waals surface area contributed by atoms with Gasteiger partial charge in [0, 0.05) is 28.7 Å². The summed E-state index contributed by atoms with van der Waals surface area (Å²) >= 11 is 6.86. The average molecular weight is 609 g/mol. The number of hydrogen-bond acceptors (Lipinski definition) is 3. The molecule has 4 aromatic rings. The first kappa shape index (κ1) is 33.2. The van der Waals surface area contributed by atoms with Gasteiger partial charge in [-0.2, -0.15) is 0 Å². The van der Waals surface area contributed by atoms with Crippen LogP contribution in [0.4, 0.5) is 0 Å². The minimum atomic E-state index is -0.432.